The Morgan fingerprint density at radius 1 is 0.625 bits per heavy atom. The summed E-state index contributed by atoms with van der Waals surface area (Å²) in [4.78, 5) is 3.85. The number of fused-ring (bicyclic) bond motifs is 3. The summed E-state index contributed by atoms with van der Waals surface area (Å²) in [6.07, 6.45) is -4.49. The first-order chi connectivity index (χ1) is 11.5. The van der Waals surface area contributed by atoms with Crippen molar-refractivity contribution in [3.63, 3.8) is 0 Å². The Labute approximate surface area is 136 Å². The highest BCUT2D eigenvalue weighted by molar-refractivity contribution is 6.08. The first kappa shape index (κ1) is 14.7. The highest BCUT2D eigenvalue weighted by Gasteiger charge is 2.35. The van der Waals surface area contributed by atoms with Gasteiger partial charge in [-0.05, 0) is 28.6 Å². The molecular formula is C20H12F3N. The number of rotatable bonds is 1. The van der Waals surface area contributed by atoms with E-state index in [-0.39, 0.29) is 5.39 Å². The third-order valence-electron chi connectivity index (χ3n) is 4.08. The normalized spacial score (nSPS) is 12.0. The zero-order valence-corrected chi connectivity index (χ0v) is 12.5. The number of pyridine rings is 1. The van der Waals surface area contributed by atoms with E-state index in [1.807, 2.05) is 42.5 Å². The monoisotopic (exact) mass is 323 g/mol. The summed E-state index contributed by atoms with van der Waals surface area (Å²) >= 11 is 0. The van der Waals surface area contributed by atoms with Gasteiger partial charge < -0.3 is 0 Å². The van der Waals surface area contributed by atoms with Crippen molar-refractivity contribution < 1.29 is 13.2 Å². The first-order valence-corrected chi connectivity index (χ1v) is 7.49. The van der Waals surface area contributed by atoms with Crippen molar-refractivity contribution in [1.29, 1.82) is 0 Å². The predicted molar refractivity (Wildman–Crippen MR) is 89.7 cm³/mol. The van der Waals surface area contributed by atoms with E-state index in [1.54, 1.807) is 24.3 Å². The summed E-state index contributed by atoms with van der Waals surface area (Å²) in [5.41, 5.74) is 1.36. The maximum absolute atomic E-state index is 13.4. The van der Waals surface area contributed by atoms with Crippen LogP contribution in [-0.2, 0) is 6.18 Å². The molecule has 0 atom stereocenters. The molecule has 1 aromatic heterocycles. The quantitative estimate of drug-likeness (QED) is 0.387. The van der Waals surface area contributed by atoms with Crippen molar-refractivity contribution in [1.82, 2.24) is 4.98 Å². The number of benzene rings is 3. The molecule has 0 unspecified atom stereocenters. The second-order valence-corrected chi connectivity index (χ2v) is 5.60. The number of alkyl halides is 3. The molecule has 0 saturated heterocycles. The summed E-state index contributed by atoms with van der Waals surface area (Å²) in [5, 5.41) is 1.41. The first-order valence-electron chi connectivity index (χ1n) is 7.49. The van der Waals surface area contributed by atoms with Crippen LogP contribution in [0.5, 0.6) is 0 Å². The second-order valence-electron chi connectivity index (χ2n) is 5.60. The van der Waals surface area contributed by atoms with Crippen molar-refractivity contribution in [3.8, 4) is 11.1 Å². The van der Waals surface area contributed by atoms with E-state index in [2.05, 4.69) is 4.98 Å². The summed E-state index contributed by atoms with van der Waals surface area (Å²) in [6, 6.07) is 21.6. The molecule has 118 valence electrons. The van der Waals surface area contributed by atoms with E-state index in [9.17, 15) is 13.2 Å². The molecule has 0 radical (unpaired) electrons. The molecule has 0 aliphatic heterocycles. The Morgan fingerprint density at radius 3 is 2.08 bits per heavy atom. The molecule has 3 aromatic carbocycles. The second kappa shape index (κ2) is 5.34. The Kier molecular flexibility index (Phi) is 3.27. The van der Waals surface area contributed by atoms with E-state index in [0.717, 1.165) is 16.5 Å². The van der Waals surface area contributed by atoms with Crippen molar-refractivity contribution >= 4 is 21.7 Å². The molecule has 4 aromatic rings. The lowest BCUT2D eigenvalue weighted by Crippen LogP contribution is -2.09. The summed E-state index contributed by atoms with van der Waals surface area (Å²) < 4.78 is 40.2. The van der Waals surface area contributed by atoms with Crippen LogP contribution in [0, 0.1) is 0 Å². The lowest BCUT2D eigenvalue weighted by Gasteiger charge is -2.13. The molecule has 0 N–H and O–H groups in total. The highest BCUT2D eigenvalue weighted by Crippen LogP contribution is 2.38. The van der Waals surface area contributed by atoms with Crippen LogP contribution in [0.25, 0.3) is 32.8 Å². The fraction of sp³-hybridized carbons (Fsp3) is 0.0500. The fourth-order valence-electron chi connectivity index (χ4n) is 2.98. The van der Waals surface area contributed by atoms with Crippen molar-refractivity contribution in [2.75, 3.05) is 0 Å². The average molecular weight is 323 g/mol. The molecule has 0 spiro atoms. The van der Waals surface area contributed by atoms with E-state index < -0.39 is 11.9 Å². The minimum atomic E-state index is -4.49. The van der Waals surface area contributed by atoms with Crippen LogP contribution in [0.2, 0.25) is 0 Å². The van der Waals surface area contributed by atoms with Crippen LogP contribution in [0.4, 0.5) is 13.2 Å². The van der Waals surface area contributed by atoms with Crippen LogP contribution in [0.15, 0.2) is 72.8 Å². The van der Waals surface area contributed by atoms with Crippen LogP contribution in [0.3, 0.4) is 0 Å². The Morgan fingerprint density at radius 2 is 1.33 bits per heavy atom. The van der Waals surface area contributed by atoms with Gasteiger partial charge in [0, 0.05) is 10.8 Å². The number of aromatic nitrogens is 1. The van der Waals surface area contributed by atoms with Gasteiger partial charge in [-0.2, -0.15) is 13.2 Å². The third-order valence-corrected chi connectivity index (χ3v) is 4.08. The number of hydrogen-bond acceptors (Lipinski definition) is 1. The molecule has 1 nitrogen and oxygen atoms in total. The summed E-state index contributed by atoms with van der Waals surface area (Å²) in [7, 11) is 0. The fourth-order valence-corrected chi connectivity index (χ4v) is 2.98. The molecule has 0 aliphatic rings. The van der Waals surface area contributed by atoms with Crippen LogP contribution < -0.4 is 0 Å². The molecule has 24 heavy (non-hydrogen) atoms. The standard InChI is InChI=1S/C20H12F3N/c21-20(22,23)19-16-11-10-14(13-6-2-1-3-7-13)12-17(16)15-8-4-5-9-18(15)24-19/h1-12H. The largest absolute Gasteiger partial charge is 0.433 e. The molecule has 1 heterocycles. The van der Waals surface area contributed by atoms with E-state index in [0.29, 0.717) is 10.9 Å². The SMILES string of the molecule is FC(F)(F)c1nc2ccccc2c2cc(-c3ccccc3)ccc12. The third kappa shape index (κ3) is 2.40. The molecule has 0 bridgehead atoms. The topological polar surface area (TPSA) is 12.9 Å². The van der Waals surface area contributed by atoms with Gasteiger partial charge in [0.15, 0.2) is 5.69 Å². The number of hydrogen-bond donors (Lipinski definition) is 0. The Bertz CT molecular complexity index is 1040. The summed E-state index contributed by atoms with van der Waals surface area (Å²) in [5.74, 6) is 0. The number of halogens is 3. The Hall–Kier alpha value is -2.88. The number of para-hydroxylation sites is 1. The molecule has 0 amide bonds. The van der Waals surface area contributed by atoms with E-state index in [1.165, 1.54) is 6.07 Å². The maximum atomic E-state index is 13.4. The zero-order valence-electron chi connectivity index (χ0n) is 12.5. The highest BCUT2D eigenvalue weighted by atomic mass is 19.4. The van der Waals surface area contributed by atoms with Gasteiger partial charge in [-0.15, -0.1) is 0 Å². The van der Waals surface area contributed by atoms with Gasteiger partial charge in [0.25, 0.3) is 0 Å². The van der Waals surface area contributed by atoms with Gasteiger partial charge in [0.1, 0.15) is 0 Å². The minimum absolute atomic E-state index is 0.126. The summed E-state index contributed by atoms with van der Waals surface area (Å²) in [6.45, 7) is 0. The lowest BCUT2D eigenvalue weighted by atomic mass is 9.98. The van der Waals surface area contributed by atoms with Crippen LogP contribution in [-0.4, -0.2) is 4.98 Å². The molecule has 4 heteroatoms. The van der Waals surface area contributed by atoms with Crippen molar-refractivity contribution in [2.24, 2.45) is 0 Å². The van der Waals surface area contributed by atoms with Gasteiger partial charge in [0.2, 0.25) is 0 Å². The molecule has 0 saturated carbocycles. The zero-order chi connectivity index (χ0) is 16.7. The van der Waals surface area contributed by atoms with Gasteiger partial charge >= 0.3 is 6.18 Å². The maximum Gasteiger partial charge on any atom is 0.433 e. The van der Waals surface area contributed by atoms with Crippen molar-refractivity contribution in [2.45, 2.75) is 6.18 Å². The number of nitrogens with zero attached hydrogens (tertiary/aromatic N) is 1. The van der Waals surface area contributed by atoms with Gasteiger partial charge in [-0.3, -0.25) is 0 Å². The van der Waals surface area contributed by atoms with Crippen LogP contribution >= 0.6 is 0 Å². The van der Waals surface area contributed by atoms with Crippen LogP contribution in [0.1, 0.15) is 5.69 Å². The molecular weight excluding hydrogens is 311 g/mol. The average Bonchev–Trinajstić information content (AvgIpc) is 2.60. The van der Waals surface area contributed by atoms with Gasteiger partial charge in [-0.1, -0.05) is 60.7 Å². The Balaban J connectivity index is 2.10. The smallest absolute Gasteiger partial charge is 0.243 e. The predicted octanol–water partition coefficient (Wildman–Crippen LogP) is 6.07. The van der Waals surface area contributed by atoms with E-state index in [4.69, 9.17) is 0 Å². The molecule has 0 fully saturated rings. The van der Waals surface area contributed by atoms with Gasteiger partial charge in [-0.25, -0.2) is 4.98 Å². The molecule has 0 aliphatic carbocycles. The van der Waals surface area contributed by atoms with E-state index >= 15 is 0 Å². The lowest BCUT2D eigenvalue weighted by molar-refractivity contribution is -0.139. The molecule has 4 rings (SSSR count). The van der Waals surface area contributed by atoms with Crippen molar-refractivity contribution in [3.05, 3.63) is 78.5 Å². The minimum Gasteiger partial charge on any atom is -0.243 e. The van der Waals surface area contributed by atoms with Gasteiger partial charge in [0.05, 0.1) is 5.52 Å².